The van der Waals surface area contributed by atoms with Gasteiger partial charge in [0.2, 0.25) is 0 Å². The number of carbonyl (C=O) groups excluding carboxylic acids is 2. The van der Waals surface area contributed by atoms with Gasteiger partial charge in [0.25, 0.3) is 5.91 Å². The van der Waals surface area contributed by atoms with Crippen LogP contribution >= 0.6 is 27.5 Å². The maximum absolute atomic E-state index is 11.7. The standard InChI is InChI=1S/C15H18BrClN2O3/c16-10-6-7-13(12(17)8-10)22-9-14(20)19-15(21)18-11-4-2-1-3-5-11/h6-8,11H,1-5,9H2,(H2,18,19,20,21). The lowest BCUT2D eigenvalue weighted by Crippen LogP contribution is -2.46. The summed E-state index contributed by atoms with van der Waals surface area (Å²) in [5.41, 5.74) is 0. The number of imide groups is 1. The first kappa shape index (κ1) is 17.1. The maximum atomic E-state index is 11.7. The summed E-state index contributed by atoms with van der Waals surface area (Å²) in [6.07, 6.45) is 5.37. The number of ether oxygens (including phenoxy) is 1. The first-order valence-electron chi connectivity index (χ1n) is 7.23. The van der Waals surface area contributed by atoms with Gasteiger partial charge in [-0.15, -0.1) is 0 Å². The number of hydrogen-bond acceptors (Lipinski definition) is 3. The fourth-order valence-electron chi connectivity index (χ4n) is 2.37. The molecule has 0 saturated heterocycles. The van der Waals surface area contributed by atoms with Gasteiger partial charge in [0.15, 0.2) is 6.61 Å². The van der Waals surface area contributed by atoms with E-state index in [0.29, 0.717) is 10.8 Å². The number of benzene rings is 1. The van der Waals surface area contributed by atoms with Crippen molar-refractivity contribution < 1.29 is 14.3 Å². The second-order valence-corrected chi connectivity index (χ2v) is 6.54. The van der Waals surface area contributed by atoms with Crippen molar-refractivity contribution in [3.63, 3.8) is 0 Å². The molecule has 0 radical (unpaired) electrons. The molecule has 1 saturated carbocycles. The highest BCUT2D eigenvalue weighted by Gasteiger charge is 2.17. The summed E-state index contributed by atoms with van der Waals surface area (Å²) in [7, 11) is 0. The lowest BCUT2D eigenvalue weighted by atomic mass is 9.96. The van der Waals surface area contributed by atoms with Crippen molar-refractivity contribution in [2.24, 2.45) is 0 Å². The van der Waals surface area contributed by atoms with Crippen LogP contribution in [0.2, 0.25) is 5.02 Å². The quantitative estimate of drug-likeness (QED) is 0.826. The molecule has 1 aliphatic carbocycles. The summed E-state index contributed by atoms with van der Waals surface area (Å²) >= 11 is 9.27. The molecule has 0 aliphatic heterocycles. The van der Waals surface area contributed by atoms with Crippen LogP contribution in [0.15, 0.2) is 22.7 Å². The van der Waals surface area contributed by atoms with Crippen LogP contribution in [0.3, 0.4) is 0 Å². The highest BCUT2D eigenvalue weighted by molar-refractivity contribution is 9.10. The van der Waals surface area contributed by atoms with Crippen molar-refractivity contribution in [3.05, 3.63) is 27.7 Å². The molecular formula is C15H18BrClN2O3. The van der Waals surface area contributed by atoms with Gasteiger partial charge in [-0.05, 0) is 31.0 Å². The molecule has 0 aromatic heterocycles. The maximum Gasteiger partial charge on any atom is 0.321 e. The average molecular weight is 390 g/mol. The summed E-state index contributed by atoms with van der Waals surface area (Å²) in [6, 6.07) is 4.77. The second kappa shape index (κ2) is 8.39. The number of rotatable bonds is 4. The predicted molar refractivity (Wildman–Crippen MR) is 88.2 cm³/mol. The van der Waals surface area contributed by atoms with Crippen LogP contribution in [-0.4, -0.2) is 24.6 Å². The Labute approximate surface area is 142 Å². The molecule has 1 fully saturated rings. The monoisotopic (exact) mass is 388 g/mol. The summed E-state index contributed by atoms with van der Waals surface area (Å²) in [5.74, 6) is -0.111. The summed E-state index contributed by atoms with van der Waals surface area (Å²) in [4.78, 5) is 23.4. The van der Waals surface area contributed by atoms with Gasteiger partial charge in [-0.3, -0.25) is 10.1 Å². The number of nitrogens with one attached hydrogen (secondary N) is 2. The SMILES string of the molecule is O=C(COc1ccc(Br)cc1Cl)NC(=O)NC1CCCCC1. The largest absolute Gasteiger partial charge is 0.482 e. The topological polar surface area (TPSA) is 67.4 Å². The van der Waals surface area contributed by atoms with Crippen molar-refractivity contribution in [2.45, 2.75) is 38.1 Å². The number of urea groups is 1. The summed E-state index contributed by atoms with van der Waals surface area (Å²) in [5, 5.41) is 5.47. The van der Waals surface area contributed by atoms with Crippen LogP contribution in [-0.2, 0) is 4.79 Å². The third-order valence-electron chi connectivity index (χ3n) is 3.45. The molecule has 0 unspecified atom stereocenters. The van der Waals surface area contributed by atoms with Gasteiger partial charge in [-0.25, -0.2) is 4.79 Å². The zero-order chi connectivity index (χ0) is 15.9. The minimum Gasteiger partial charge on any atom is -0.482 e. The number of halogens is 2. The average Bonchev–Trinajstić information content (AvgIpc) is 2.47. The normalized spacial score (nSPS) is 15.2. The molecule has 0 spiro atoms. The minimum atomic E-state index is -0.507. The fraction of sp³-hybridized carbons (Fsp3) is 0.467. The molecule has 1 aromatic carbocycles. The van der Waals surface area contributed by atoms with Gasteiger partial charge in [-0.1, -0.05) is 46.8 Å². The van der Waals surface area contributed by atoms with Crippen molar-refractivity contribution in [1.82, 2.24) is 10.6 Å². The van der Waals surface area contributed by atoms with Gasteiger partial charge in [0.05, 0.1) is 5.02 Å². The molecule has 3 amide bonds. The molecular weight excluding hydrogens is 372 g/mol. The lowest BCUT2D eigenvalue weighted by Gasteiger charge is -2.22. The minimum absolute atomic E-state index is 0.156. The van der Waals surface area contributed by atoms with E-state index in [1.807, 2.05) is 0 Å². The van der Waals surface area contributed by atoms with E-state index in [2.05, 4.69) is 26.6 Å². The van der Waals surface area contributed by atoms with Gasteiger partial charge >= 0.3 is 6.03 Å². The van der Waals surface area contributed by atoms with Gasteiger partial charge in [0.1, 0.15) is 5.75 Å². The van der Waals surface area contributed by atoms with E-state index in [9.17, 15) is 9.59 Å². The first-order valence-corrected chi connectivity index (χ1v) is 8.40. The molecule has 7 heteroatoms. The highest BCUT2D eigenvalue weighted by atomic mass is 79.9. The van der Waals surface area contributed by atoms with Gasteiger partial charge in [-0.2, -0.15) is 0 Å². The fourth-order valence-corrected chi connectivity index (χ4v) is 3.09. The second-order valence-electron chi connectivity index (χ2n) is 5.22. The van der Waals surface area contributed by atoms with E-state index in [1.165, 1.54) is 6.42 Å². The van der Waals surface area contributed by atoms with E-state index in [0.717, 1.165) is 30.2 Å². The van der Waals surface area contributed by atoms with Crippen LogP contribution < -0.4 is 15.4 Å². The molecule has 0 bridgehead atoms. The molecule has 0 heterocycles. The molecule has 2 N–H and O–H groups in total. The Morgan fingerprint density at radius 3 is 2.68 bits per heavy atom. The Bertz CT molecular complexity index is 548. The Hall–Kier alpha value is -1.27. The van der Waals surface area contributed by atoms with Crippen molar-refractivity contribution >= 4 is 39.5 Å². The third-order valence-corrected chi connectivity index (χ3v) is 4.23. The number of hydrogen-bond donors (Lipinski definition) is 2. The summed E-state index contributed by atoms with van der Waals surface area (Å²) in [6.45, 7) is -0.264. The smallest absolute Gasteiger partial charge is 0.321 e. The first-order chi connectivity index (χ1) is 10.5. The molecule has 5 nitrogen and oxygen atoms in total. The molecule has 22 heavy (non-hydrogen) atoms. The molecule has 1 aromatic rings. The van der Waals surface area contributed by atoms with Crippen LogP contribution in [0.1, 0.15) is 32.1 Å². The Morgan fingerprint density at radius 1 is 1.27 bits per heavy atom. The molecule has 2 rings (SSSR count). The lowest BCUT2D eigenvalue weighted by molar-refractivity contribution is -0.122. The van der Waals surface area contributed by atoms with Crippen molar-refractivity contribution in [3.8, 4) is 5.75 Å². The zero-order valence-electron chi connectivity index (χ0n) is 12.0. The van der Waals surface area contributed by atoms with Crippen LogP contribution in [0.4, 0.5) is 4.79 Å². The highest BCUT2D eigenvalue weighted by Crippen LogP contribution is 2.27. The number of amides is 3. The van der Waals surface area contributed by atoms with E-state index in [-0.39, 0.29) is 12.6 Å². The van der Waals surface area contributed by atoms with Crippen LogP contribution in [0, 0.1) is 0 Å². The third kappa shape index (κ3) is 5.50. The Balaban J connectivity index is 1.73. The van der Waals surface area contributed by atoms with Gasteiger partial charge in [0, 0.05) is 10.5 Å². The van der Waals surface area contributed by atoms with Crippen LogP contribution in [0.25, 0.3) is 0 Å². The number of carbonyl (C=O) groups is 2. The Morgan fingerprint density at radius 2 is 2.00 bits per heavy atom. The Kier molecular flexibility index (Phi) is 6.51. The van der Waals surface area contributed by atoms with Gasteiger partial charge < -0.3 is 10.1 Å². The van der Waals surface area contributed by atoms with E-state index >= 15 is 0 Å². The van der Waals surface area contributed by atoms with E-state index in [1.54, 1.807) is 18.2 Å². The summed E-state index contributed by atoms with van der Waals surface area (Å²) < 4.78 is 6.12. The zero-order valence-corrected chi connectivity index (χ0v) is 14.4. The van der Waals surface area contributed by atoms with E-state index in [4.69, 9.17) is 16.3 Å². The van der Waals surface area contributed by atoms with Crippen molar-refractivity contribution in [1.29, 1.82) is 0 Å². The molecule has 0 atom stereocenters. The van der Waals surface area contributed by atoms with E-state index < -0.39 is 11.9 Å². The molecule has 1 aliphatic rings. The van der Waals surface area contributed by atoms with Crippen LogP contribution in [0.5, 0.6) is 5.75 Å². The molecule has 120 valence electrons. The van der Waals surface area contributed by atoms with Crippen molar-refractivity contribution in [2.75, 3.05) is 6.61 Å². The predicted octanol–water partition coefficient (Wildman–Crippen LogP) is 3.64.